The van der Waals surface area contributed by atoms with E-state index >= 15 is 0 Å². The summed E-state index contributed by atoms with van der Waals surface area (Å²) < 4.78 is 2.09. The predicted octanol–water partition coefficient (Wildman–Crippen LogP) is 4.67. The Labute approximate surface area is 129 Å². The molecule has 1 aromatic heterocycles. The third-order valence-electron chi connectivity index (χ3n) is 3.23. The Balaban J connectivity index is 1.92. The van der Waals surface area contributed by atoms with Crippen molar-refractivity contribution in [1.29, 1.82) is 0 Å². The molecule has 3 aromatic rings. The van der Waals surface area contributed by atoms with E-state index in [1.807, 2.05) is 18.2 Å². The summed E-state index contributed by atoms with van der Waals surface area (Å²) in [5.74, 6) is 0.0542. The lowest BCUT2D eigenvalue weighted by Crippen LogP contribution is -2.06. The molecule has 0 radical (unpaired) electrons. The first-order chi connectivity index (χ1) is 9.65. The first-order valence-corrected chi connectivity index (χ1v) is 7.86. The van der Waals surface area contributed by atoms with E-state index in [1.165, 1.54) is 4.70 Å². The van der Waals surface area contributed by atoms with E-state index in [1.54, 1.807) is 23.5 Å². The van der Waals surface area contributed by atoms with Crippen LogP contribution in [-0.4, -0.2) is 5.78 Å². The molecule has 0 bridgehead atoms. The van der Waals surface area contributed by atoms with Crippen molar-refractivity contribution in [3.8, 4) is 0 Å². The van der Waals surface area contributed by atoms with E-state index in [-0.39, 0.29) is 5.78 Å². The molecular formula is C16H12BrNOS. The van der Waals surface area contributed by atoms with Crippen molar-refractivity contribution in [3.05, 3.63) is 63.4 Å². The van der Waals surface area contributed by atoms with Crippen molar-refractivity contribution in [2.45, 2.75) is 6.42 Å². The number of anilines is 1. The summed E-state index contributed by atoms with van der Waals surface area (Å²) in [6, 6.07) is 13.5. The molecule has 0 atom stereocenters. The van der Waals surface area contributed by atoms with E-state index in [0.717, 1.165) is 15.4 Å². The SMILES string of the molecule is Nc1cc(Br)ccc1C(=O)Cc1csc2ccccc12. The van der Waals surface area contributed by atoms with Gasteiger partial charge in [0.05, 0.1) is 0 Å². The molecule has 0 saturated carbocycles. The summed E-state index contributed by atoms with van der Waals surface area (Å²) in [6.45, 7) is 0. The minimum Gasteiger partial charge on any atom is -0.398 e. The van der Waals surface area contributed by atoms with Gasteiger partial charge >= 0.3 is 0 Å². The Morgan fingerprint density at radius 3 is 2.80 bits per heavy atom. The highest BCUT2D eigenvalue weighted by atomic mass is 79.9. The van der Waals surface area contributed by atoms with E-state index < -0.39 is 0 Å². The number of benzene rings is 2. The maximum absolute atomic E-state index is 12.4. The maximum Gasteiger partial charge on any atom is 0.169 e. The smallest absolute Gasteiger partial charge is 0.169 e. The van der Waals surface area contributed by atoms with Crippen molar-refractivity contribution in [1.82, 2.24) is 0 Å². The van der Waals surface area contributed by atoms with Gasteiger partial charge in [-0.3, -0.25) is 4.79 Å². The summed E-state index contributed by atoms with van der Waals surface area (Å²) in [7, 11) is 0. The summed E-state index contributed by atoms with van der Waals surface area (Å²) in [5.41, 5.74) is 8.09. The van der Waals surface area contributed by atoms with Crippen molar-refractivity contribution in [2.75, 3.05) is 5.73 Å². The summed E-state index contributed by atoms with van der Waals surface area (Å²) >= 11 is 5.02. The average molecular weight is 346 g/mol. The number of fused-ring (bicyclic) bond motifs is 1. The average Bonchev–Trinajstić information content (AvgIpc) is 2.82. The summed E-state index contributed by atoms with van der Waals surface area (Å²) in [5, 5.41) is 3.21. The zero-order valence-corrected chi connectivity index (χ0v) is 13.0. The van der Waals surface area contributed by atoms with E-state index in [9.17, 15) is 4.79 Å². The zero-order chi connectivity index (χ0) is 14.1. The van der Waals surface area contributed by atoms with Gasteiger partial charge < -0.3 is 5.73 Å². The number of hydrogen-bond donors (Lipinski definition) is 1. The minimum atomic E-state index is 0.0542. The summed E-state index contributed by atoms with van der Waals surface area (Å²) in [6.07, 6.45) is 0.385. The second kappa shape index (κ2) is 5.38. The topological polar surface area (TPSA) is 43.1 Å². The van der Waals surface area contributed by atoms with Gasteiger partial charge in [-0.05, 0) is 40.6 Å². The van der Waals surface area contributed by atoms with Crippen LogP contribution in [0.5, 0.6) is 0 Å². The van der Waals surface area contributed by atoms with Crippen LogP contribution in [0, 0.1) is 0 Å². The van der Waals surface area contributed by atoms with Crippen LogP contribution in [0.2, 0.25) is 0 Å². The van der Waals surface area contributed by atoms with Gasteiger partial charge in [0.25, 0.3) is 0 Å². The van der Waals surface area contributed by atoms with Crippen LogP contribution in [0.15, 0.2) is 52.3 Å². The number of nitrogens with two attached hydrogens (primary N) is 1. The molecule has 0 aliphatic rings. The standard InChI is InChI=1S/C16H12BrNOS/c17-11-5-6-13(14(18)8-11)15(19)7-10-9-20-16-4-2-1-3-12(10)16/h1-6,8-9H,7,18H2. The third-order valence-corrected chi connectivity index (χ3v) is 4.73. The molecule has 20 heavy (non-hydrogen) atoms. The van der Waals surface area contributed by atoms with Crippen molar-refractivity contribution >= 4 is 48.8 Å². The van der Waals surface area contributed by atoms with Gasteiger partial charge in [0, 0.05) is 26.8 Å². The van der Waals surface area contributed by atoms with E-state index in [4.69, 9.17) is 5.73 Å². The molecule has 0 aliphatic heterocycles. The molecule has 0 aliphatic carbocycles. The Morgan fingerprint density at radius 1 is 1.20 bits per heavy atom. The molecule has 0 spiro atoms. The van der Waals surface area contributed by atoms with Gasteiger partial charge in [-0.15, -0.1) is 11.3 Å². The van der Waals surface area contributed by atoms with Crippen molar-refractivity contribution < 1.29 is 4.79 Å². The molecule has 100 valence electrons. The van der Waals surface area contributed by atoms with Crippen LogP contribution >= 0.6 is 27.3 Å². The fraction of sp³-hybridized carbons (Fsp3) is 0.0625. The quantitative estimate of drug-likeness (QED) is 0.553. The lowest BCUT2D eigenvalue weighted by molar-refractivity contribution is 0.0994. The Hall–Kier alpha value is -1.65. The van der Waals surface area contributed by atoms with E-state index in [0.29, 0.717) is 17.7 Å². The first-order valence-electron chi connectivity index (χ1n) is 6.18. The molecule has 0 fully saturated rings. The largest absolute Gasteiger partial charge is 0.398 e. The first kappa shape index (κ1) is 13.3. The number of rotatable bonds is 3. The highest BCUT2D eigenvalue weighted by molar-refractivity contribution is 9.10. The second-order valence-corrected chi connectivity index (χ2v) is 6.42. The van der Waals surface area contributed by atoms with Gasteiger partial charge in [-0.25, -0.2) is 0 Å². The zero-order valence-electron chi connectivity index (χ0n) is 10.6. The Morgan fingerprint density at radius 2 is 2.00 bits per heavy atom. The van der Waals surface area contributed by atoms with Crippen LogP contribution in [0.4, 0.5) is 5.69 Å². The maximum atomic E-state index is 12.4. The van der Waals surface area contributed by atoms with Crippen LogP contribution in [0.1, 0.15) is 15.9 Å². The minimum absolute atomic E-state index is 0.0542. The third kappa shape index (κ3) is 2.49. The second-order valence-electron chi connectivity index (χ2n) is 4.59. The molecule has 0 unspecified atom stereocenters. The van der Waals surface area contributed by atoms with Crippen molar-refractivity contribution in [2.24, 2.45) is 0 Å². The van der Waals surface area contributed by atoms with Crippen LogP contribution in [0.25, 0.3) is 10.1 Å². The molecular weight excluding hydrogens is 334 g/mol. The lowest BCUT2D eigenvalue weighted by atomic mass is 10.0. The summed E-state index contributed by atoms with van der Waals surface area (Å²) in [4.78, 5) is 12.4. The van der Waals surface area contributed by atoms with Gasteiger partial charge in [0.2, 0.25) is 0 Å². The monoisotopic (exact) mass is 345 g/mol. The molecule has 2 N–H and O–H groups in total. The highest BCUT2D eigenvalue weighted by Crippen LogP contribution is 2.27. The fourth-order valence-electron chi connectivity index (χ4n) is 2.23. The van der Waals surface area contributed by atoms with Gasteiger partial charge in [0.15, 0.2) is 5.78 Å². The predicted molar refractivity (Wildman–Crippen MR) is 88.4 cm³/mol. The van der Waals surface area contributed by atoms with Gasteiger partial charge in [-0.1, -0.05) is 34.1 Å². The number of carbonyl (C=O) groups excluding carboxylic acids is 1. The number of halogens is 1. The Bertz CT molecular complexity index is 794. The number of carbonyl (C=O) groups is 1. The molecule has 4 heteroatoms. The van der Waals surface area contributed by atoms with Gasteiger partial charge in [0.1, 0.15) is 0 Å². The number of hydrogen-bond acceptors (Lipinski definition) is 3. The number of ketones is 1. The fourth-order valence-corrected chi connectivity index (χ4v) is 3.57. The van der Waals surface area contributed by atoms with Crippen LogP contribution in [0.3, 0.4) is 0 Å². The Kier molecular flexibility index (Phi) is 3.59. The molecule has 2 nitrogen and oxygen atoms in total. The molecule has 1 heterocycles. The van der Waals surface area contributed by atoms with Gasteiger partial charge in [-0.2, -0.15) is 0 Å². The van der Waals surface area contributed by atoms with Crippen molar-refractivity contribution in [3.63, 3.8) is 0 Å². The number of thiophene rings is 1. The van der Waals surface area contributed by atoms with E-state index in [2.05, 4.69) is 33.4 Å². The highest BCUT2D eigenvalue weighted by Gasteiger charge is 2.13. The molecule has 3 rings (SSSR count). The lowest BCUT2D eigenvalue weighted by Gasteiger charge is -2.05. The number of nitrogen functional groups attached to an aromatic ring is 1. The molecule has 0 saturated heterocycles. The molecule has 0 amide bonds. The molecule has 2 aromatic carbocycles. The van der Waals surface area contributed by atoms with Crippen LogP contribution in [-0.2, 0) is 6.42 Å². The number of Topliss-reactive ketones (excluding diaryl/α,β-unsaturated/α-hetero) is 1. The normalized spacial score (nSPS) is 10.8. The van der Waals surface area contributed by atoms with Crippen LogP contribution < -0.4 is 5.73 Å².